The minimum atomic E-state index is -4.26. The van der Waals surface area contributed by atoms with Crippen molar-refractivity contribution in [2.24, 2.45) is 5.92 Å². The third-order valence-electron chi connectivity index (χ3n) is 5.05. The maximum absolute atomic E-state index is 13.2. The van der Waals surface area contributed by atoms with E-state index in [2.05, 4.69) is 5.32 Å². The largest absolute Gasteiger partial charge is 0.391 e. The molecule has 0 aromatic rings. The highest BCUT2D eigenvalue weighted by Gasteiger charge is 2.46. The number of halogens is 3. The van der Waals surface area contributed by atoms with Crippen LogP contribution in [0, 0.1) is 5.92 Å². The first-order valence-corrected chi connectivity index (χ1v) is 11.1. The van der Waals surface area contributed by atoms with Crippen molar-refractivity contribution in [2.45, 2.75) is 63.7 Å². The van der Waals surface area contributed by atoms with E-state index in [4.69, 9.17) is 0 Å². The average Bonchev–Trinajstić information content (AvgIpc) is 2.59. The quantitative estimate of drug-likeness (QED) is 0.720. The maximum atomic E-state index is 13.2. The van der Waals surface area contributed by atoms with Crippen molar-refractivity contribution >= 4 is 15.9 Å². The minimum absolute atomic E-state index is 0.0283. The molecule has 154 valence electrons. The Morgan fingerprint density at radius 1 is 1.37 bits per heavy atom. The molecule has 27 heavy (non-hydrogen) atoms. The molecule has 0 bridgehead atoms. The van der Waals surface area contributed by atoms with E-state index < -0.39 is 40.0 Å². The zero-order valence-electron chi connectivity index (χ0n) is 15.6. The van der Waals surface area contributed by atoms with E-state index in [0.29, 0.717) is 6.42 Å². The van der Waals surface area contributed by atoms with Crippen LogP contribution in [0.3, 0.4) is 0 Å². The Hall–Kier alpha value is -1.51. The Morgan fingerprint density at radius 3 is 2.63 bits per heavy atom. The van der Waals surface area contributed by atoms with Gasteiger partial charge in [0.1, 0.15) is 0 Å². The first-order chi connectivity index (χ1) is 12.5. The second-order valence-corrected chi connectivity index (χ2v) is 9.32. The highest BCUT2D eigenvalue weighted by atomic mass is 32.2. The number of amides is 2. The number of alkyl halides is 3. The van der Waals surface area contributed by atoms with Crippen molar-refractivity contribution < 1.29 is 26.4 Å². The fourth-order valence-electron chi connectivity index (χ4n) is 3.61. The van der Waals surface area contributed by atoms with Crippen molar-refractivity contribution in [2.75, 3.05) is 12.8 Å². The van der Waals surface area contributed by atoms with Crippen LogP contribution in [-0.2, 0) is 9.84 Å². The van der Waals surface area contributed by atoms with Gasteiger partial charge >= 0.3 is 12.2 Å². The summed E-state index contributed by atoms with van der Waals surface area (Å²) in [5, 5.41) is 3.68. The summed E-state index contributed by atoms with van der Waals surface area (Å²) in [4.78, 5) is 14.1. The van der Waals surface area contributed by atoms with Crippen LogP contribution in [-0.4, -0.2) is 50.4 Å². The average molecular weight is 408 g/mol. The highest BCUT2D eigenvalue weighted by Crippen LogP contribution is 2.40. The van der Waals surface area contributed by atoms with Gasteiger partial charge in [-0.2, -0.15) is 13.2 Å². The third-order valence-corrected chi connectivity index (χ3v) is 5.70. The fourth-order valence-corrected chi connectivity index (χ4v) is 4.13. The van der Waals surface area contributed by atoms with E-state index in [1.54, 1.807) is 6.92 Å². The minimum Gasteiger partial charge on any atom is -0.332 e. The molecule has 1 aliphatic heterocycles. The summed E-state index contributed by atoms with van der Waals surface area (Å²) in [6.45, 7) is 1.65. The van der Waals surface area contributed by atoms with Crippen LogP contribution < -0.4 is 5.32 Å². The molecule has 9 heteroatoms. The summed E-state index contributed by atoms with van der Waals surface area (Å²) < 4.78 is 62.1. The number of allylic oxidation sites excluding steroid dienone is 1. The molecule has 5 nitrogen and oxygen atoms in total. The molecule has 0 aromatic carbocycles. The van der Waals surface area contributed by atoms with Gasteiger partial charge in [0, 0.05) is 24.3 Å². The summed E-state index contributed by atoms with van der Waals surface area (Å²) >= 11 is 0. The van der Waals surface area contributed by atoms with E-state index in [-0.39, 0.29) is 19.4 Å². The number of urea groups is 1. The van der Waals surface area contributed by atoms with Crippen LogP contribution in [0.4, 0.5) is 18.0 Å². The van der Waals surface area contributed by atoms with Crippen LogP contribution >= 0.6 is 0 Å². The van der Waals surface area contributed by atoms with Crippen molar-refractivity contribution in [1.82, 2.24) is 10.2 Å². The molecule has 1 aliphatic carbocycles. The lowest BCUT2D eigenvalue weighted by Crippen LogP contribution is -2.54. The molecule has 0 aromatic heterocycles. The molecular weight excluding hydrogens is 381 g/mol. The van der Waals surface area contributed by atoms with Gasteiger partial charge in [0.25, 0.3) is 0 Å². The molecule has 1 fully saturated rings. The Balaban J connectivity index is 2.13. The summed E-state index contributed by atoms with van der Waals surface area (Å²) in [6.07, 6.45) is 3.34. The first kappa shape index (κ1) is 21.8. The SMILES string of the molecule is C[C@@H](/C=C/S(C)(=O)=O)NC(=O)N1CC[C@H](C(F)(F)F)C[C@@H]1C1=CCCCC1. The van der Waals surface area contributed by atoms with Gasteiger partial charge in [-0.1, -0.05) is 17.7 Å². The molecule has 1 heterocycles. The standard InChI is InChI=1S/C18H27F3N2O3S/c1-13(9-11-27(2,25)26)22-17(24)23-10-8-15(18(19,20)21)12-16(23)14-6-4-3-5-7-14/h6,9,11,13,15-16H,3-5,7-8,10,12H2,1-2H3,(H,22,24)/b11-9+/t13-,15-,16+/m0/s1. The monoisotopic (exact) mass is 408 g/mol. The molecule has 1 N–H and O–H groups in total. The molecule has 0 unspecified atom stereocenters. The number of piperidine rings is 1. The van der Waals surface area contributed by atoms with Gasteiger partial charge in [0.2, 0.25) is 0 Å². The van der Waals surface area contributed by atoms with Gasteiger partial charge in [-0.25, -0.2) is 13.2 Å². The summed E-state index contributed by atoms with van der Waals surface area (Å²) in [6, 6.07) is -1.57. The maximum Gasteiger partial charge on any atom is 0.391 e. The van der Waals surface area contributed by atoms with Crippen LogP contribution in [0.2, 0.25) is 0 Å². The molecule has 0 radical (unpaired) electrons. The number of hydrogen-bond acceptors (Lipinski definition) is 3. The predicted octanol–water partition coefficient (Wildman–Crippen LogP) is 3.79. The molecule has 2 amide bonds. The summed E-state index contributed by atoms with van der Waals surface area (Å²) in [5.41, 5.74) is 0.907. The molecule has 1 saturated heterocycles. The number of rotatable bonds is 4. The Morgan fingerprint density at radius 2 is 2.07 bits per heavy atom. The van der Waals surface area contributed by atoms with Crippen molar-refractivity contribution in [3.05, 3.63) is 23.1 Å². The number of carbonyl (C=O) groups is 1. The number of likely N-dealkylation sites (tertiary alicyclic amines) is 1. The van der Waals surface area contributed by atoms with Crippen LogP contribution in [0.1, 0.15) is 45.4 Å². The zero-order chi connectivity index (χ0) is 20.2. The van der Waals surface area contributed by atoms with Gasteiger partial charge < -0.3 is 10.2 Å². The van der Waals surface area contributed by atoms with Gasteiger partial charge in [0.05, 0.1) is 12.0 Å². The van der Waals surface area contributed by atoms with E-state index in [1.165, 1.54) is 11.0 Å². The number of carbonyl (C=O) groups excluding carboxylic acids is 1. The fraction of sp³-hybridized carbons (Fsp3) is 0.722. The molecule has 0 spiro atoms. The Kier molecular flexibility index (Phi) is 6.99. The Labute approximate surface area is 158 Å². The van der Waals surface area contributed by atoms with Crippen molar-refractivity contribution in [1.29, 1.82) is 0 Å². The first-order valence-electron chi connectivity index (χ1n) is 9.18. The predicted molar refractivity (Wildman–Crippen MR) is 97.8 cm³/mol. The van der Waals surface area contributed by atoms with Gasteiger partial charge in [-0.3, -0.25) is 0 Å². The van der Waals surface area contributed by atoms with Crippen molar-refractivity contribution in [3.63, 3.8) is 0 Å². The van der Waals surface area contributed by atoms with Crippen molar-refractivity contribution in [3.8, 4) is 0 Å². The zero-order valence-corrected chi connectivity index (χ0v) is 16.4. The topological polar surface area (TPSA) is 66.5 Å². The highest BCUT2D eigenvalue weighted by molar-refractivity contribution is 7.93. The normalized spacial score (nSPS) is 26.0. The van der Waals surface area contributed by atoms with Crippen LogP contribution in [0.15, 0.2) is 23.1 Å². The molecule has 3 atom stereocenters. The molecular formula is C18H27F3N2O3S. The van der Waals surface area contributed by atoms with Gasteiger partial charge in [-0.15, -0.1) is 0 Å². The molecule has 2 rings (SSSR count). The number of nitrogens with one attached hydrogen (secondary N) is 1. The van der Waals surface area contributed by atoms with Gasteiger partial charge in [-0.05, 0) is 45.4 Å². The van der Waals surface area contributed by atoms with E-state index in [1.807, 2.05) is 6.08 Å². The van der Waals surface area contributed by atoms with E-state index >= 15 is 0 Å². The molecule has 2 aliphatic rings. The third kappa shape index (κ3) is 6.55. The number of nitrogens with zero attached hydrogens (tertiary/aromatic N) is 1. The van der Waals surface area contributed by atoms with Crippen LogP contribution in [0.25, 0.3) is 0 Å². The van der Waals surface area contributed by atoms with E-state index in [0.717, 1.165) is 36.5 Å². The smallest absolute Gasteiger partial charge is 0.332 e. The van der Waals surface area contributed by atoms with E-state index in [9.17, 15) is 26.4 Å². The second-order valence-electron chi connectivity index (χ2n) is 7.39. The lowest BCUT2D eigenvalue weighted by molar-refractivity contribution is -0.186. The summed E-state index contributed by atoms with van der Waals surface area (Å²) in [7, 11) is -3.31. The Bertz CT molecular complexity index is 701. The number of hydrogen-bond donors (Lipinski definition) is 1. The van der Waals surface area contributed by atoms with Crippen LogP contribution in [0.5, 0.6) is 0 Å². The summed E-state index contributed by atoms with van der Waals surface area (Å²) in [5.74, 6) is -1.41. The lowest BCUT2D eigenvalue weighted by Gasteiger charge is -2.42. The molecule has 0 saturated carbocycles. The lowest BCUT2D eigenvalue weighted by atomic mass is 9.83. The van der Waals surface area contributed by atoms with Gasteiger partial charge in [0.15, 0.2) is 9.84 Å². The number of sulfone groups is 1. The second kappa shape index (κ2) is 8.67.